The molecule has 162 valence electrons. The van der Waals surface area contributed by atoms with Gasteiger partial charge in [-0.1, -0.05) is 36.7 Å². The molecule has 0 radical (unpaired) electrons. The van der Waals surface area contributed by atoms with Crippen LogP contribution in [0.1, 0.15) is 36.8 Å². The van der Waals surface area contributed by atoms with Gasteiger partial charge < -0.3 is 10.2 Å². The SMILES string of the molecule is Cc1cccc(-n2nnnc2SCC(=O)Nc2ccc(N3CCCCCC3)cc2)c1C. The molecule has 2 heterocycles. The first-order valence-electron chi connectivity index (χ1n) is 10.7. The zero-order chi connectivity index (χ0) is 21.6. The fourth-order valence-corrected chi connectivity index (χ4v) is 4.48. The van der Waals surface area contributed by atoms with Crippen LogP contribution in [-0.2, 0) is 4.79 Å². The van der Waals surface area contributed by atoms with E-state index in [0.29, 0.717) is 5.16 Å². The molecule has 31 heavy (non-hydrogen) atoms. The fourth-order valence-electron chi connectivity index (χ4n) is 3.80. The molecule has 7 nitrogen and oxygen atoms in total. The van der Waals surface area contributed by atoms with Gasteiger partial charge in [-0.05, 0) is 78.6 Å². The predicted molar refractivity (Wildman–Crippen MR) is 125 cm³/mol. The molecule has 1 fully saturated rings. The minimum absolute atomic E-state index is 0.0805. The summed E-state index contributed by atoms with van der Waals surface area (Å²) in [6.07, 6.45) is 5.12. The third-order valence-electron chi connectivity index (χ3n) is 5.70. The predicted octanol–water partition coefficient (Wildman–Crippen LogP) is 4.39. The number of aryl methyl sites for hydroxylation is 1. The van der Waals surface area contributed by atoms with Crippen LogP contribution >= 0.6 is 11.8 Å². The molecule has 1 N–H and O–H groups in total. The number of amides is 1. The number of anilines is 2. The number of thioether (sulfide) groups is 1. The second-order valence-electron chi connectivity index (χ2n) is 7.88. The van der Waals surface area contributed by atoms with Crippen molar-refractivity contribution in [2.45, 2.75) is 44.7 Å². The van der Waals surface area contributed by atoms with Crippen molar-refractivity contribution in [1.82, 2.24) is 20.2 Å². The summed E-state index contributed by atoms with van der Waals surface area (Å²) in [5, 5.41) is 15.6. The monoisotopic (exact) mass is 436 g/mol. The van der Waals surface area contributed by atoms with Crippen LogP contribution < -0.4 is 10.2 Å². The van der Waals surface area contributed by atoms with Gasteiger partial charge in [0, 0.05) is 24.5 Å². The molecule has 0 spiro atoms. The van der Waals surface area contributed by atoms with Crippen molar-refractivity contribution in [2.24, 2.45) is 0 Å². The van der Waals surface area contributed by atoms with E-state index in [2.05, 4.69) is 50.9 Å². The molecule has 0 aliphatic carbocycles. The van der Waals surface area contributed by atoms with Gasteiger partial charge in [0.05, 0.1) is 11.4 Å². The van der Waals surface area contributed by atoms with E-state index < -0.39 is 0 Å². The maximum atomic E-state index is 12.5. The lowest BCUT2D eigenvalue weighted by Crippen LogP contribution is -2.23. The van der Waals surface area contributed by atoms with Crippen molar-refractivity contribution >= 4 is 29.0 Å². The summed E-state index contributed by atoms with van der Waals surface area (Å²) in [4.78, 5) is 14.9. The molecule has 1 saturated heterocycles. The van der Waals surface area contributed by atoms with Crippen molar-refractivity contribution in [3.63, 3.8) is 0 Å². The zero-order valence-electron chi connectivity index (χ0n) is 18.0. The third-order valence-corrected chi connectivity index (χ3v) is 6.62. The molecule has 8 heteroatoms. The Bertz CT molecular complexity index is 1020. The van der Waals surface area contributed by atoms with Crippen LogP contribution in [0.5, 0.6) is 0 Å². The Labute approximate surface area is 187 Å². The van der Waals surface area contributed by atoms with Crippen LogP contribution in [0, 0.1) is 13.8 Å². The average molecular weight is 437 g/mol. The summed E-state index contributed by atoms with van der Waals surface area (Å²) in [5.74, 6) is 0.155. The molecule has 4 rings (SSSR count). The van der Waals surface area contributed by atoms with Crippen molar-refractivity contribution in [2.75, 3.05) is 29.1 Å². The van der Waals surface area contributed by atoms with E-state index in [1.807, 2.05) is 31.2 Å². The largest absolute Gasteiger partial charge is 0.372 e. The summed E-state index contributed by atoms with van der Waals surface area (Å²) in [5.41, 5.74) is 5.24. The van der Waals surface area contributed by atoms with Gasteiger partial charge in [0.15, 0.2) is 0 Å². The Kier molecular flexibility index (Phi) is 6.86. The lowest BCUT2D eigenvalue weighted by Gasteiger charge is -2.22. The lowest BCUT2D eigenvalue weighted by atomic mass is 10.1. The lowest BCUT2D eigenvalue weighted by molar-refractivity contribution is -0.113. The topological polar surface area (TPSA) is 75.9 Å². The van der Waals surface area contributed by atoms with Crippen LogP contribution in [0.15, 0.2) is 47.6 Å². The van der Waals surface area contributed by atoms with Gasteiger partial charge in [0.2, 0.25) is 11.1 Å². The Hall–Kier alpha value is -2.87. The number of aromatic nitrogens is 4. The first-order chi connectivity index (χ1) is 15.1. The van der Waals surface area contributed by atoms with Crippen LogP contribution in [0.2, 0.25) is 0 Å². The number of carbonyl (C=O) groups is 1. The number of rotatable bonds is 6. The summed E-state index contributed by atoms with van der Waals surface area (Å²) < 4.78 is 1.69. The van der Waals surface area contributed by atoms with Crippen LogP contribution in [-0.4, -0.2) is 45.0 Å². The maximum Gasteiger partial charge on any atom is 0.234 e. The Morgan fingerprint density at radius 3 is 2.52 bits per heavy atom. The van der Waals surface area contributed by atoms with E-state index in [-0.39, 0.29) is 11.7 Å². The number of nitrogens with zero attached hydrogens (tertiary/aromatic N) is 5. The van der Waals surface area contributed by atoms with E-state index in [9.17, 15) is 4.79 Å². The molecule has 3 aromatic rings. The molecule has 1 aliphatic rings. The van der Waals surface area contributed by atoms with Gasteiger partial charge in [0.25, 0.3) is 0 Å². The zero-order valence-corrected chi connectivity index (χ0v) is 18.9. The normalized spacial score (nSPS) is 14.3. The highest BCUT2D eigenvalue weighted by Gasteiger charge is 2.14. The van der Waals surface area contributed by atoms with E-state index in [1.54, 1.807) is 4.68 Å². The fraction of sp³-hybridized carbons (Fsp3) is 0.391. The maximum absolute atomic E-state index is 12.5. The number of carbonyl (C=O) groups excluding carboxylic acids is 1. The standard InChI is InChI=1S/C23H28N6OS/c1-17-8-7-9-21(18(17)2)29-23(25-26-27-29)31-16-22(30)24-19-10-12-20(13-11-19)28-14-5-3-4-6-15-28/h7-13H,3-6,14-16H2,1-2H3,(H,24,30). The number of tetrazole rings is 1. The molecule has 2 aromatic carbocycles. The summed E-state index contributed by atoms with van der Waals surface area (Å²) in [7, 11) is 0. The van der Waals surface area contributed by atoms with Gasteiger partial charge in [-0.3, -0.25) is 4.79 Å². The van der Waals surface area contributed by atoms with Crippen molar-refractivity contribution in [3.8, 4) is 5.69 Å². The van der Waals surface area contributed by atoms with E-state index in [1.165, 1.54) is 48.7 Å². The molecule has 1 amide bonds. The van der Waals surface area contributed by atoms with E-state index in [0.717, 1.165) is 30.0 Å². The van der Waals surface area contributed by atoms with E-state index >= 15 is 0 Å². The number of hydrogen-bond acceptors (Lipinski definition) is 6. The number of nitrogens with one attached hydrogen (secondary N) is 1. The highest BCUT2D eigenvalue weighted by Crippen LogP contribution is 2.24. The minimum atomic E-state index is -0.0805. The minimum Gasteiger partial charge on any atom is -0.372 e. The molecule has 0 bridgehead atoms. The molecule has 0 unspecified atom stereocenters. The summed E-state index contributed by atoms with van der Waals surface area (Å²) >= 11 is 1.33. The third kappa shape index (κ3) is 5.25. The van der Waals surface area contributed by atoms with Gasteiger partial charge >= 0.3 is 0 Å². The quantitative estimate of drug-likeness (QED) is 0.578. The molecular formula is C23H28N6OS. The summed E-state index contributed by atoms with van der Waals surface area (Å²) in [6, 6.07) is 14.2. The van der Waals surface area contributed by atoms with E-state index in [4.69, 9.17) is 0 Å². The highest BCUT2D eigenvalue weighted by molar-refractivity contribution is 7.99. The molecule has 1 aromatic heterocycles. The van der Waals surface area contributed by atoms with Crippen molar-refractivity contribution in [3.05, 3.63) is 53.6 Å². The van der Waals surface area contributed by atoms with Gasteiger partial charge in [-0.15, -0.1) is 5.10 Å². The number of benzene rings is 2. The van der Waals surface area contributed by atoms with Crippen molar-refractivity contribution < 1.29 is 4.79 Å². The Morgan fingerprint density at radius 2 is 1.77 bits per heavy atom. The average Bonchev–Trinajstić information content (AvgIpc) is 3.07. The first-order valence-corrected chi connectivity index (χ1v) is 11.7. The smallest absolute Gasteiger partial charge is 0.234 e. The van der Waals surface area contributed by atoms with Crippen LogP contribution in [0.25, 0.3) is 5.69 Å². The molecule has 0 atom stereocenters. The Balaban J connectivity index is 1.35. The van der Waals surface area contributed by atoms with Crippen LogP contribution in [0.3, 0.4) is 0 Å². The molecular weight excluding hydrogens is 408 g/mol. The van der Waals surface area contributed by atoms with Gasteiger partial charge in [-0.25, -0.2) is 0 Å². The molecule has 0 saturated carbocycles. The number of hydrogen-bond donors (Lipinski definition) is 1. The Morgan fingerprint density at radius 1 is 1.03 bits per heavy atom. The highest BCUT2D eigenvalue weighted by atomic mass is 32.2. The van der Waals surface area contributed by atoms with Crippen LogP contribution in [0.4, 0.5) is 11.4 Å². The van der Waals surface area contributed by atoms with Gasteiger partial charge in [-0.2, -0.15) is 4.68 Å². The second kappa shape index (κ2) is 9.96. The molecule has 1 aliphatic heterocycles. The first kappa shape index (κ1) is 21.4. The van der Waals surface area contributed by atoms with Gasteiger partial charge in [0.1, 0.15) is 0 Å². The second-order valence-corrected chi connectivity index (χ2v) is 8.82. The summed E-state index contributed by atoms with van der Waals surface area (Å²) in [6.45, 7) is 6.32. The van der Waals surface area contributed by atoms with Crippen molar-refractivity contribution in [1.29, 1.82) is 0 Å².